The van der Waals surface area contributed by atoms with E-state index in [2.05, 4.69) is 39.5 Å². The van der Waals surface area contributed by atoms with E-state index in [4.69, 9.17) is 11.6 Å². The molecule has 0 aromatic carbocycles. The van der Waals surface area contributed by atoms with Crippen molar-refractivity contribution in [3.63, 3.8) is 0 Å². The Hall–Kier alpha value is -0.170. The third-order valence-electron chi connectivity index (χ3n) is 3.87. The van der Waals surface area contributed by atoms with Crippen LogP contribution in [0.1, 0.15) is 39.5 Å². The average molecular weight is 382 g/mol. The van der Waals surface area contributed by atoms with Crippen LogP contribution in [0.5, 0.6) is 0 Å². The fraction of sp³-hybridized carbons (Fsp3) is 0.615. The van der Waals surface area contributed by atoms with Crippen LogP contribution in [0.3, 0.4) is 0 Å². The van der Waals surface area contributed by atoms with E-state index < -0.39 is 10.0 Å². The zero-order valence-electron chi connectivity index (χ0n) is 11.5. The van der Waals surface area contributed by atoms with Gasteiger partial charge in [0.1, 0.15) is 10.0 Å². The lowest BCUT2D eigenvalue weighted by Crippen LogP contribution is -2.46. The summed E-state index contributed by atoms with van der Waals surface area (Å²) in [5.41, 5.74) is -0.0444. The SMILES string of the molecule is CC1(C)CCCCC1NS(=O)(=O)c1cc(Br)cnc1Cl. The highest BCUT2D eigenvalue weighted by Gasteiger charge is 2.35. The van der Waals surface area contributed by atoms with Gasteiger partial charge < -0.3 is 0 Å². The fourth-order valence-electron chi connectivity index (χ4n) is 2.56. The maximum atomic E-state index is 12.5. The maximum absolute atomic E-state index is 12.5. The highest BCUT2D eigenvalue weighted by Crippen LogP contribution is 2.36. The zero-order chi connectivity index (χ0) is 15.0. The second-order valence-electron chi connectivity index (χ2n) is 5.85. The molecule has 20 heavy (non-hydrogen) atoms. The Balaban J connectivity index is 2.29. The van der Waals surface area contributed by atoms with Crippen molar-refractivity contribution < 1.29 is 8.42 Å². The van der Waals surface area contributed by atoms with Crippen molar-refractivity contribution in [1.82, 2.24) is 9.71 Å². The summed E-state index contributed by atoms with van der Waals surface area (Å²) in [4.78, 5) is 3.90. The van der Waals surface area contributed by atoms with Crippen LogP contribution < -0.4 is 4.72 Å². The molecule has 0 spiro atoms. The molecule has 0 radical (unpaired) electrons. The van der Waals surface area contributed by atoms with Gasteiger partial charge in [-0.2, -0.15) is 0 Å². The van der Waals surface area contributed by atoms with Crippen molar-refractivity contribution in [2.75, 3.05) is 0 Å². The molecular weight excluding hydrogens is 364 g/mol. The van der Waals surface area contributed by atoms with Crippen molar-refractivity contribution in [1.29, 1.82) is 0 Å². The summed E-state index contributed by atoms with van der Waals surface area (Å²) in [7, 11) is -3.66. The summed E-state index contributed by atoms with van der Waals surface area (Å²) in [5.74, 6) is 0. The smallest absolute Gasteiger partial charge is 0.242 e. The van der Waals surface area contributed by atoms with Crippen molar-refractivity contribution in [2.45, 2.75) is 50.5 Å². The number of nitrogens with one attached hydrogen (secondary N) is 1. The summed E-state index contributed by atoms with van der Waals surface area (Å²) in [5, 5.41) is -0.00526. The van der Waals surface area contributed by atoms with Crippen molar-refractivity contribution in [3.05, 3.63) is 21.9 Å². The van der Waals surface area contributed by atoms with Gasteiger partial charge in [-0.1, -0.05) is 38.3 Å². The Bertz CT molecular complexity index is 604. The third kappa shape index (κ3) is 3.53. The van der Waals surface area contributed by atoms with Crippen LogP contribution in [-0.2, 0) is 10.0 Å². The first-order chi connectivity index (χ1) is 9.22. The minimum Gasteiger partial charge on any atom is -0.242 e. The molecule has 7 heteroatoms. The van der Waals surface area contributed by atoms with Gasteiger partial charge in [0.2, 0.25) is 10.0 Å². The topological polar surface area (TPSA) is 59.1 Å². The third-order valence-corrected chi connectivity index (χ3v) is 6.20. The Labute approximate surface area is 133 Å². The van der Waals surface area contributed by atoms with Crippen LogP contribution >= 0.6 is 27.5 Å². The van der Waals surface area contributed by atoms with Gasteiger partial charge in [0.15, 0.2) is 0 Å². The minimum absolute atomic E-state index is 0.00526. The lowest BCUT2D eigenvalue weighted by molar-refractivity contribution is 0.188. The zero-order valence-corrected chi connectivity index (χ0v) is 14.6. The monoisotopic (exact) mass is 380 g/mol. The van der Waals surface area contributed by atoms with Gasteiger partial charge in [-0.15, -0.1) is 0 Å². The summed E-state index contributed by atoms with van der Waals surface area (Å²) in [6, 6.07) is 1.41. The average Bonchev–Trinajstić information content (AvgIpc) is 2.34. The van der Waals surface area contributed by atoms with Gasteiger partial charge in [-0.05, 0) is 40.3 Å². The van der Waals surface area contributed by atoms with E-state index >= 15 is 0 Å². The van der Waals surface area contributed by atoms with Crippen LogP contribution in [0, 0.1) is 5.41 Å². The molecule has 1 N–H and O–H groups in total. The second-order valence-corrected chi connectivity index (χ2v) is 8.81. The van der Waals surface area contributed by atoms with Crippen LogP contribution in [0.2, 0.25) is 5.15 Å². The Morgan fingerprint density at radius 2 is 2.15 bits per heavy atom. The first-order valence-electron chi connectivity index (χ1n) is 6.56. The van der Waals surface area contributed by atoms with E-state index in [1.807, 2.05) is 0 Å². The highest BCUT2D eigenvalue weighted by atomic mass is 79.9. The predicted octanol–water partition coefficient (Wildman–Crippen LogP) is 3.74. The molecular formula is C13H18BrClN2O2S. The standard InChI is InChI=1S/C13H18BrClN2O2S/c1-13(2)6-4-3-5-11(13)17-20(18,19)10-7-9(14)8-16-12(10)15/h7-8,11,17H,3-6H2,1-2H3. The Morgan fingerprint density at radius 3 is 2.80 bits per heavy atom. The lowest BCUT2D eigenvalue weighted by Gasteiger charge is -2.38. The number of hydrogen-bond acceptors (Lipinski definition) is 3. The quantitative estimate of drug-likeness (QED) is 0.811. The molecule has 1 unspecified atom stereocenters. The molecule has 1 saturated carbocycles. The van der Waals surface area contributed by atoms with Crippen molar-refractivity contribution in [2.24, 2.45) is 5.41 Å². The van der Waals surface area contributed by atoms with E-state index in [-0.39, 0.29) is 21.5 Å². The summed E-state index contributed by atoms with van der Waals surface area (Å²) >= 11 is 9.14. The maximum Gasteiger partial charge on any atom is 0.243 e. The number of aromatic nitrogens is 1. The van der Waals surface area contributed by atoms with Gasteiger partial charge in [0.05, 0.1) is 0 Å². The van der Waals surface area contributed by atoms with Crippen LogP contribution in [-0.4, -0.2) is 19.4 Å². The van der Waals surface area contributed by atoms with E-state index in [9.17, 15) is 8.42 Å². The molecule has 0 bridgehead atoms. The van der Waals surface area contributed by atoms with Gasteiger partial charge >= 0.3 is 0 Å². The first kappa shape index (κ1) is 16.2. The number of nitrogens with zero attached hydrogens (tertiary/aromatic N) is 1. The minimum atomic E-state index is -3.66. The number of halogens is 2. The molecule has 2 rings (SSSR count). The molecule has 1 aliphatic carbocycles. The number of hydrogen-bond donors (Lipinski definition) is 1. The molecule has 1 heterocycles. The predicted molar refractivity (Wildman–Crippen MR) is 83.3 cm³/mol. The van der Waals surface area contributed by atoms with Gasteiger partial charge in [-0.25, -0.2) is 18.1 Å². The summed E-state index contributed by atoms with van der Waals surface area (Å²) in [6.45, 7) is 4.19. The largest absolute Gasteiger partial charge is 0.243 e. The van der Waals surface area contributed by atoms with E-state index in [0.717, 1.165) is 25.7 Å². The molecule has 0 amide bonds. The highest BCUT2D eigenvalue weighted by molar-refractivity contribution is 9.10. The van der Waals surface area contributed by atoms with Crippen molar-refractivity contribution >= 4 is 37.6 Å². The van der Waals surface area contributed by atoms with Crippen molar-refractivity contribution in [3.8, 4) is 0 Å². The fourth-order valence-corrected chi connectivity index (χ4v) is 4.94. The van der Waals surface area contributed by atoms with Gasteiger partial charge in [0.25, 0.3) is 0 Å². The number of pyridine rings is 1. The lowest BCUT2D eigenvalue weighted by atomic mass is 9.74. The molecule has 1 aromatic rings. The summed E-state index contributed by atoms with van der Waals surface area (Å²) < 4.78 is 28.4. The van der Waals surface area contributed by atoms with Crippen LogP contribution in [0.4, 0.5) is 0 Å². The molecule has 112 valence electrons. The van der Waals surface area contributed by atoms with E-state index in [0.29, 0.717) is 4.47 Å². The number of sulfonamides is 1. The van der Waals surface area contributed by atoms with Gasteiger partial charge in [-0.3, -0.25) is 0 Å². The number of rotatable bonds is 3. The summed E-state index contributed by atoms with van der Waals surface area (Å²) in [6.07, 6.45) is 5.54. The second kappa shape index (κ2) is 5.91. The van der Waals surface area contributed by atoms with Crippen LogP contribution in [0.25, 0.3) is 0 Å². The molecule has 0 saturated heterocycles. The van der Waals surface area contributed by atoms with Gasteiger partial charge in [0, 0.05) is 16.7 Å². The Kier molecular flexibility index (Phi) is 4.79. The Morgan fingerprint density at radius 1 is 1.45 bits per heavy atom. The van der Waals surface area contributed by atoms with E-state index in [1.165, 1.54) is 12.3 Å². The van der Waals surface area contributed by atoms with Crippen LogP contribution in [0.15, 0.2) is 21.6 Å². The molecule has 0 aliphatic heterocycles. The first-order valence-corrected chi connectivity index (χ1v) is 9.21. The molecule has 1 aromatic heterocycles. The molecule has 1 atom stereocenters. The normalized spacial score (nSPS) is 22.7. The van der Waals surface area contributed by atoms with E-state index in [1.54, 1.807) is 0 Å². The molecule has 1 aliphatic rings. The molecule has 4 nitrogen and oxygen atoms in total. The molecule has 1 fully saturated rings.